The van der Waals surface area contributed by atoms with Gasteiger partial charge in [0.15, 0.2) is 5.13 Å². The molecule has 0 aliphatic heterocycles. The molecule has 1 N–H and O–H groups in total. The quantitative estimate of drug-likeness (QED) is 0.806. The van der Waals surface area contributed by atoms with Crippen LogP contribution in [0.15, 0.2) is 36.5 Å². The van der Waals surface area contributed by atoms with Crippen molar-refractivity contribution in [1.29, 1.82) is 0 Å². The van der Waals surface area contributed by atoms with E-state index in [1.54, 1.807) is 19.4 Å². The van der Waals surface area contributed by atoms with Gasteiger partial charge in [0.25, 0.3) is 5.91 Å². The van der Waals surface area contributed by atoms with Gasteiger partial charge in [-0.3, -0.25) is 15.1 Å². The Labute approximate surface area is 125 Å². The highest BCUT2D eigenvalue weighted by Gasteiger charge is 2.11. The third-order valence-electron chi connectivity index (χ3n) is 2.96. The second-order valence-corrected chi connectivity index (χ2v) is 5.56. The van der Waals surface area contributed by atoms with E-state index >= 15 is 0 Å². The first-order chi connectivity index (χ1) is 10.2. The first-order valence-corrected chi connectivity index (χ1v) is 7.16. The van der Waals surface area contributed by atoms with Crippen molar-refractivity contribution in [3.63, 3.8) is 0 Å². The number of ether oxygens (including phenoxy) is 1. The normalized spacial score (nSPS) is 10.6. The lowest BCUT2D eigenvalue weighted by atomic mass is 10.2. The van der Waals surface area contributed by atoms with Gasteiger partial charge in [0.1, 0.15) is 11.4 Å². The van der Waals surface area contributed by atoms with Crippen LogP contribution in [0.4, 0.5) is 5.13 Å². The van der Waals surface area contributed by atoms with Crippen LogP contribution in [0.5, 0.6) is 5.75 Å². The molecule has 5 nitrogen and oxygen atoms in total. The molecule has 0 unspecified atom stereocenters. The molecule has 106 valence electrons. The first-order valence-electron chi connectivity index (χ1n) is 6.34. The second-order valence-electron chi connectivity index (χ2n) is 4.53. The zero-order valence-electron chi connectivity index (χ0n) is 11.6. The average molecular weight is 299 g/mol. The monoisotopic (exact) mass is 299 g/mol. The predicted molar refractivity (Wildman–Crippen MR) is 83.1 cm³/mol. The Morgan fingerprint density at radius 3 is 2.90 bits per heavy atom. The Bertz CT molecular complexity index is 814. The Balaban J connectivity index is 1.86. The van der Waals surface area contributed by atoms with E-state index in [2.05, 4.69) is 15.3 Å². The van der Waals surface area contributed by atoms with E-state index in [-0.39, 0.29) is 5.91 Å². The van der Waals surface area contributed by atoms with Crippen LogP contribution in [-0.4, -0.2) is 23.0 Å². The smallest absolute Gasteiger partial charge is 0.276 e. The second kappa shape index (κ2) is 5.49. The lowest BCUT2D eigenvalue weighted by molar-refractivity contribution is 0.102. The molecule has 0 fully saturated rings. The number of aromatic nitrogens is 2. The van der Waals surface area contributed by atoms with Crippen LogP contribution in [0.25, 0.3) is 10.2 Å². The van der Waals surface area contributed by atoms with Gasteiger partial charge in [0.2, 0.25) is 0 Å². The van der Waals surface area contributed by atoms with Gasteiger partial charge < -0.3 is 4.74 Å². The minimum atomic E-state index is -0.260. The van der Waals surface area contributed by atoms with Crippen LogP contribution in [0.1, 0.15) is 16.1 Å². The zero-order valence-corrected chi connectivity index (χ0v) is 12.4. The van der Waals surface area contributed by atoms with Gasteiger partial charge in [-0.1, -0.05) is 11.3 Å². The van der Waals surface area contributed by atoms with Crippen LogP contribution in [-0.2, 0) is 0 Å². The Kier molecular flexibility index (Phi) is 3.53. The van der Waals surface area contributed by atoms with Gasteiger partial charge in [0.05, 0.1) is 17.3 Å². The molecule has 0 spiro atoms. The molecule has 0 saturated carbocycles. The first kappa shape index (κ1) is 13.5. The van der Waals surface area contributed by atoms with E-state index in [1.807, 2.05) is 31.2 Å². The van der Waals surface area contributed by atoms with Crippen LogP contribution in [0.2, 0.25) is 0 Å². The Morgan fingerprint density at radius 2 is 2.14 bits per heavy atom. The molecule has 6 heteroatoms. The minimum Gasteiger partial charge on any atom is -0.497 e. The molecule has 0 bridgehead atoms. The number of hydrogen-bond donors (Lipinski definition) is 1. The SMILES string of the molecule is COc1ccc2nc(NC(=O)c3cc(C)ccn3)sc2c1. The van der Waals surface area contributed by atoms with Crippen molar-refractivity contribution in [3.8, 4) is 5.75 Å². The Hall–Kier alpha value is -2.47. The molecule has 0 aliphatic carbocycles. The Morgan fingerprint density at radius 1 is 1.29 bits per heavy atom. The number of rotatable bonds is 3. The fourth-order valence-corrected chi connectivity index (χ4v) is 2.80. The molecule has 3 rings (SSSR count). The molecular formula is C15H13N3O2S. The highest BCUT2D eigenvalue weighted by Crippen LogP contribution is 2.29. The maximum atomic E-state index is 12.1. The highest BCUT2D eigenvalue weighted by atomic mass is 32.1. The van der Waals surface area contributed by atoms with Gasteiger partial charge in [-0.25, -0.2) is 4.98 Å². The molecular weight excluding hydrogens is 286 g/mol. The lowest BCUT2D eigenvalue weighted by Crippen LogP contribution is -2.13. The molecule has 0 atom stereocenters. The van der Waals surface area contributed by atoms with Crippen LogP contribution in [0.3, 0.4) is 0 Å². The number of carbonyl (C=O) groups is 1. The number of aryl methyl sites for hydroxylation is 1. The predicted octanol–water partition coefficient (Wildman–Crippen LogP) is 3.26. The molecule has 1 aromatic carbocycles. The van der Waals surface area contributed by atoms with Crippen molar-refractivity contribution in [2.24, 2.45) is 0 Å². The number of hydrogen-bond acceptors (Lipinski definition) is 5. The molecule has 0 aliphatic rings. The van der Waals surface area contributed by atoms with Crippen molar-refractivity contribution in [2.75, 3.05) is 12.4 Å². The van der Waals surface area contributed by atoms with Crippen LogP contribution >= 0.6 is 11.3 Å². The third-order valence-corrected chi connectivity index (χ3v) is 3.90. The average Bonchev–Trinajstić information content (AvgIpc) is 2.88. The van der Waals surface area contributed by atoms with Gasteiger partial charge in [0, 0.05) is 6.20 Å². The van der Waals surface area contributed by atoms with Gasteiger partial charge in [-0.15, -0.1) is 0 Å². The molecule has 3 aromatic rings. The summed E-state index contributed by atoms with van der Waals surface area (Å²) in [4.78, 5) is 20.6. The van der Waals surface area contributed by atoms with E-state index in [0.29, 0.717) is 10.8 Å². The third kappa shape index (κ3) is 2.85. The molecule has 2 aromatic heterocycles. The summed E-state index contributed by atoms with van der Waals surface area (Å²) in [5.41, 5.74) is 2.20. The minimum absolute atomic E-state index is 0.260. The number of carbonyl (C=O) groups excluding carboxylic acids is 1. The number of anilines is 1. The van der Waals surface area contributed by atoms with Crippen LogP contribution < -0.4 is 10.1 Å². The number of pyridine rings is 1. The number of benzene rings is 1. The van der Waals surface area contributed by atoms with Crippen molar-refractivity contribution < 1.29 is 9.53 Å². The van der Waals surface area contributed by atoms with Crippen molar-refractivity contribution in [3.05, 3.63) is 47.8 Å². The zero-order chi connectivity index (χ0) is 14.8. The number of nitrogens with zero attached hydrogens (tertiary/aromatic N) is 2. The van der Waals surface area contributed by atoms with Crippen molar-refractivity contribution in [1.82, 2.24) is 9.97 Å². The molecule has 0 saturated heterocycles. The van der Waals surface area contributed by atoms with Gasteiger partial charge >= 0.3 is 0 Å². The number of nitrogens with one attached hydrogen (secondary N) is 1. The number of thiazole rings is 1. The largest absolute Gasteiger partial charge is 0.497 e. The van der Waals surface area contributed by atoms with E-state index in [1.165, 1.54) is 11.3 Å². The lowest BCUT2D eigenvalue weighted by Gasteiger charge is -2.01. The summed E-state index contributed by atoms with van der Waals surface area (Å²) >= 11 is 1.40. The fourth-order valence-electron chi connectivity index (χ4n) is 1.91. The summed E-state index contributed by atoms with van der Waals surface area (Å²) in [6.45, 7) is 1.92. The molecule has 0 radical (unpaired) electrons. The van der Waals surface area contributed by atoms with E-state index in [0.717, 1.165) is 21.5 Å². The van der Waals surface area contributed by atoms with Crippen LogP contribution in [0, 0.1) is 6.92 Å². The summed E-state index contributed by atoms with van der Waals surface area (Å²) < 4.78 is 6.14. The van der Waals surface area contributed by atoms with Gasteiger partial charge in [-0.05, 0) is 42.8 Å². The molecule has 21 heavy (non-hydrogen) atoms. The standard InChI is InChI=1S/C15H13N3O2S/c1-9-5-6-16-12(7-9)14(19)18-15-17-11-4-3-10(20-2)8-13(11)21-15/h3-8H,1-2H3,(H,17,18,19). The van der Waals surface area contributed by atoms with E-state index in [4.69, 9.17) is 4.74 Å². The highest BCUT2D eigenvalue weighted by molar-refractivity contribution is 7.22. The fraction of sp³-hybridized carbons (Fsp3) is 0.133. The number of amides is 1. The topological polar surface area (TPSA) is 64.1 Å². The number of fused-ring (bicyclic) bond motifs is 1. The number of methoxy groups -OCH3 is 1. The van der Waals surface area contributed by atoms with Crippen molar-refractivity contribution >= 4 is 32.6 Å². The maximum Gasteiger partial charge on any atom is 0.276 e. The summed E-state index contributed by atoms with van der Waals surface area (Å²) in [5, 5.41) is 3.33. The summed E-state index contributed by atoms with van der Waals surface area (Å²) in [5.74, 6) is 0.508. The van der Waals surface area contributed by atoms with Gasteiger partial charge in [-0.2, -0.15) is 0 Å². The van der Waals surface area contributed by atoms with E-state index in [9.17, 15) is 4.79 Å². The maximum absolute atomic E-state index is 12.1. The van der Waals surface area contributed by atoms with E-state index < -0.39 is 0 Å². The van der Waals surface area contributed by atoms with Crippen molar-refractivity contribution in [2.45, 2.75) is 6.92 Å². The summed E-state index contributed by atoms with van der Waals surface area (Å²) in [6, 6.07) is 9.20. The summed E-state index contributed by atoms with van der Waals surface area (Å²) in [6.07, 6.45) is 1.62. The molecule has 2 heterocycles. The summed E-state index contributed by atoms with van der Waals surface area (Å²) in [7, 11) is 1.62. The molecule has 1 amide bonds.